The van der Waals surface area contributed by atoms with E-state index in [2.05, 4.69) is 51.7 Å². The van der Waals surface area contributed by atoms with Crippen molar-refractivity contribution in [1.82, 2.24) is 20.1 Å². The highest BCUT2D eigenvalue weighted by Crippen LogP contribution is 2.13. The van der Waals surface area contributed by atoms with Crippen molar-refractivity contribution in [3.8, 4) is 0 Å². The number of nitrogens with one attached hydrogen (secondary N) is 1. The third-order valence-electron chi connectivity index (χ3n) is 3.89. The van der Waals surface area contributed by atoms with Gasteiger partial charge in [-0.2, -0.15) is 10.1 Å². The van der Waals surface area contributed by atoms with E-state index >= 15 is 0 Å². The van der Waals surface area contributed by atoms with Gasteiger partial charge in [-0.25, -0.2) is 0 Å². The van der Waals surface area contributed by atoms with Crippen molar-refractivity contribution in [1.29, 1.82) is 0 Å². The summed E-state index contributed by atoms with van der Waals surface area (Å²) in [5.74, 6) is 1.30. The van der Waals surface area contributed by atoms with Gasteiger partial charge in [0.1, 0.15) is 0 Å². The summed E-state index contributed by atoms with van der Waals surface area (Å²) in [4.78, 5) is 19.1. The van der Waals surface area contributed by atoms with Gasteiger partial charge in [0.05, 0.1) is 6.20 Å². The Kier molecular flexibility index (Phi) is 4.65. The molecule has 0 radical (unpaired) electrons. The average Bonchev–Trinajstić information content (AvgIpc) is 2.61. The summed E-state index contributed by atoms with van der Waals surface area (Å²) >= 11 is 0. The number of hydrogen-bond acceptors (Lipinski definition) is 6. The normalized spacial score (nSPS) is 14.7. The molecule has 0 saturated carbocycles. The van der Waals surface area contributed by atoms with Crippen LogP contribution in [0.5, 0.6) is 0 Å². The summed E-state index contributed by atoms with van der Waals surface area (Å²) < 4.78 is 0. The average molecular weight is 312 g/mol. The lowest BCUT2D eigenvalue weighted by Gasteiger charge is -2.32. The van der Waals surface area contributed by atoms with Gasteiger partial charge < -0.3 is 15.1 Å². The van der Waals surface area contributed by atoms with Crippen LogP contribution in [0, 0.1) is 6.92 Å². The molecular weight excluding hydrogens is 292 g/mol. The molecule has 0 aliphatic carbocycles. The Morgan fingerprint density at radius 1 is 1.17 bits per heavy atom. The van der Waals surface area contributed by atoms with Gasteiger partial charge in [-0.1, -0.05) is 29.8 Å². The minimum Gasteiger partial charge on any atom is -0.365 e. The Morgan fingerprint density at radius 3 is 2.61 bits per heavy atom. The van der Waals surface area contributed by atoms with Crippen molar-refractivity contribution in [3.63, 3.8) is 0 Å². The van der Waals surface area contributed by atoms with Crippen LogP contribution in [0.3, 0.4) is 0 Å². The lowest BCUT2D eigenvalue weighted by atomic mass is 10.1. The third-order valence-corrected chi connectivity index (χ3v) is 3.89. The van der Waals surface area contributed by atoms with E-state index in [4.69, 9.17) is 0 Å². The maximum atomic E-state index is 10.8. The Morgan fingerprint density at radius 2 is 1.91 bits per heavy atom. The summed E-state index contributed by atoms with van der Waals surface area (Å²) in [6.07, 6.45) is 2.51. The van der Waals surface area contributed by atoms with Crippen LogP contribution in [0.15, 0.2) is 30.5 Å². The van der Waals surface area contributed by atoms with Crippen molar-refractivity contribution in [2.45, 2.75) is 13.5 Å². The Hall–Kier alpha value is -2.70. The summed E-state index contributed by atoms with van der Waals surface area (Å²) in [7, 11) is 0. The maximum Gasteiger partial charge on any atom is 0.247 e. The molecule has 1 amide bonds. The zero-order valence-corrected chi connectivity index (χ0v) is 13.1. The lowest BCUT2D eigenvalue weighted by Crippen LogP contribution is -2.46. The second-order valence-electron chi connectivity index (χ2n) is 5.61. The molecule has 1 aliphatic rings. The SMILES string of the molecule is Cc1ccc(CNc2cnnc(N3CCN(C=O)CC3)n2)cc1. The number of anilines is 2. The molecule has 7 heteroatoms. The van der Waals surface area contributed by atoms with E-state index in [0.29, 0.717) is 31.4 Å². The molecule has 1 fully saturated rings. The van der Waals surface area contributed by atoms with E-state index in [1.54, 1.807) is 11.1 Å². The second-order valence-corrected chi connectivity index (χ2v) is 5.61. The van der Waals surface area contributed by atoms with Crippen molar-refractivity contribution in [3.05, 3.63) is 41.6 Å². The van der Waals surface area contributed by atoms with Crippen molar-refractivity contribution in [2.24, 2.45) is 0 Å². The zero-order valence-electron chi connectivity index (χ0n) is 13.1. The van der Waals surface area contributed by atoms with E-state index < -0.39 is 0 Å². The van der Waals surface area contributed by atoms with E-state index in [0.717, 1.165) is 19.5 Å². The standard InChI is InChI=1S/C16H20N6O/c1-13-2-4-14(5-3-13)10-17-15-11-18-20-16(19-15)22-8-6-21(12-23)7-9-22/h2-5,11-12H,6-10H2,1H3,(H,17,19,20). The topological polar surface area (TPSA) is 74.2 Å². The van der Waals surface area contributed by atoms with Crippen molar-refractivity contribution >= 4 is 18.2 Å². The van der Waals surface area contributed by atoms with E-state index in [1.165, 1.54) is 11.1 Å². The monoisotopic (exact) mass is 312 g/mol. The van der Waals surface area contributed by atoms with E-state index in [9.17, 15) is 4.79 Å². The highest BCUT2D eigenvalue weighted by molar-refractivity contribution is 5.48. The lowest BCUT2D eigenvalue weighted by molar-refractivity contribution is -0.118. The van der Waals surface area contributed by atoms with Crippen LogP contribution >= 0.6 is 0 Å². The first-order valence-corrected chi connectivity index (χ1v) is 7.68. The Bertz CT molecular complexity index is 652. The molecule has 3 rings (SSSR count). The highest BCUT2D eigenvalue weighted by atomic mass is 16.1. The van der Waals surface area contributed by atoms with Gasteiger partial charge in [0, 0.05) is 32.7 Å². The van der Waals surface area contributed by atoms with Crippen molar-refractivity contribution in [2.75, 3.05) is 36.4 Å². The molecule has 1 aromatic heterocycles. The first-order chi connectivity index (χ1) is 11.2. The number of nitrogens with zero attached hydrogens (tertiary/aromatic N) is 5. The van der Waals surface area contributed by atoms with E-state index in [1.807, 2.05) is 4.90 Å². The predicted molar refractivity (Wildman–Crippen MR) is 88.2 cm³/mol. The molecule has 2 heterocycles. The van der Waals surface area contributed by atoms with Crippen LogP contribution < -0.4 is 10.2 Å². The number of carbonyl (C=O) groups is 1. The number of rotatable bonds is 5. The maximum absolute atomic E-state index is 10.8. The molecule has 1 saturated heterocycles. The fourth-order valence-corrected chi connectivity index (χ4v) is 2.44. The van der Waals surface area contributed by atoms with Crippen molar-refractivity contribution < 1.29 is 4.79 Å². The predicted octanol–water partition coefficient (Wildman–Crippen LogP) is 1.07. The fraction of sp³-hybridized carbons (Fsp3) is 0.375. The number of benzene rings is 1. The Labute approximate surface area is 135 Å². The van der Waals surface area contributed by atoms with E-state index in [-0.39, 0.29) is 0 Å². The number of amides is 1. The number of carbonyl (C=O) groups excluding carboxylic acids is 1. The molecule has 7 nitrogen and oxygen atoms in total. The molecule has 1 aromatic carbocycles. The van der Waals surface area contributed by atoms with Gasteiger partial charge in [0.2, 0.25) is 12.4 Å². The number of hydrogen-bond donors (Lipinski definition) is 1. The van der Waals surface area contributed by atoms with Crippen LogP contribution in [0.1, 0.15) is 11.1 Å². The first kappa shape index (κ1) is 15.2. The summed E-state index contributed by atoms with van der Waals surface area (Å²) in [5, 5.41) is 11.4. The number of piperazine rings is 1. The molecule has 1 N–H and O–H groups in total. The molecule has 0 unspecified atom stereocenters. The number of aryl methyl sites for hydroxylation is 1. The summed E-state index contributed by atoms with van der Waals surface area (Å²) in [5.41, 5.74) is 2.43. The van der Waals surface area contributed by atoms with Crippen LogP contribution in [-0.2, 0) is 11.3 Å². The minimum absolute atomic E-state index is 0.601. The van der Waals surface area contributed by atoms with Crippen LogP contribution in [0.4, 0.5) is 11.8 Å². The molecule has 23 heavy (non-hydrogen) atoms. The fourth-order valence-electron chi connectivity index (χ4n) is 2.44. The Balaban J connectivity index is 1.61. The third kappa shape index (κ3) is 3.94. The van der Waals surface area contributed by atoms with Crippen LogP contribution in [-0.4, -0.2) is 52.7 Å². The van der Waals surface area contributed by atoms with Gasteiger partial charge in [-0.3, -0.25) is 4.79 Å². The largest absolute Gasteiger partial charge is 0.365 e. The van der Waals surface area contributed by atoms with Gasteiger partial charge in [-0.05, 0) is 12.5 Å². The zero-order chi connectivity index (χ0) is 16.1. The van der Waals surface area contributed by atoms with Gasteiger partial charge in [0.25, 0.3) is 0 Å². The van der Waals surface area contributed by atoms with Gasteiger partial charge in [-0.15, -0.1) is 5.10 Å². The van der Waals surface area contributed by atoms with Gasteiger partial charge in [0.15, 0.2) is 5.82 Å². The van der Waals surface area contributed by atoms with Crippen LogP contribution in [0.25, 0.3) is 0 Å². The molecule has 1 aliphatic heterocycles. The molecule has 120 valence electrons. The second kappa shape index (κ2) is 7.04. The van der Waals surface area contributed by atoms with Gasteiger partial charge >= 0.3 is 0 Å². The summed E-state index contributed by atoms with van der Waals surface area (Å²) in [6, 6.07) is 8.37. The molecule has 0 atom stereocenters. The smallest absolute Gasteiger partial charge is 0.247 e. The molecule has 2 aromatic rings. The molecule has 0 bridgehead atoms. The molecular formula is C16H20N6O. The summed E-state index contributed by atoms with van der Waals surface area (Å²) in [6.45, 7) is 5.59. The molecule has 0 spiro atoms. The first-order valence-electron chi connectivity index (χ1n) is 7.68. The quantitative estimate of drug-likeness (QED) is 0.833. The minimum atomic E-state index is 0.601. The highest BCUT2D eigenvalue weighted by Gasteiger charge is 2.18. The number of aromatic nitrogens is 3. The van der Waals surface area contributed by atoms with Crippen LogP contribution in [0.2, 0.25) is 0 Å².